The van der Waals surface area contributed by atoms with Gasteiger partial charge < -0.3 is 19.7 Å². The molecule has 0 aromatic heterocycles. The van der Waals surface area contributed by atoms with E-state index in [0.717, 1.165) is 11.1 Å². The van der Waals surface area contributed by atoms with E-state index in [1.807, 2.05) is 60.7 Å². The smallest absolute Gasteiger partial charge is 0.324 e. The Hall–Kier alpha value is -4.79. The van der Waals surface area contributed by atoms with Gasteiger partial charge >= 0.3 is 11.9 Å². The van der Waals surface area contributed by atoms with E-state index < -0.39 is 58.7 Å². The molecule has 3 unspecified atom stereocenters. The SMILES string of the molecule is CC(C)(C)C(=O)OCC1(C)CN2C(=O)C(NC(=O)C(C(=O)OC(c3ccccc3)c3ccccc3)c3ccccc3)[C@H]2C1=O. The number of Topliss-reactive ketones (excluding diaryl/α,β-unsaturated/α-hetero) is 1. The normalized spacial score (nSPS) is 21.7. The fourth-order valence-corrected chi connectivity index (χ4v) is 5.57. The molecule has 2 aliphatic rings. The van der Waals surface area contributed by atoms with Crippen molar-refractivity contribution in [3.05, 3.63) is 108 Å². The first kappa shape index (κ1) is 30.7. The van der Waals surface area contributed by atoms with Crippen molar-refractivity contribution in [1.82, 2.24) is 10.2 Å². The van der Waals surface area contributed by atoms with Gasteiger partial charge in [0.1, 0.15) is 18.7 Å². The molecule has 2 saturated heterocycles. The van der Waals surface area contributed by atoms with Crippen molar-refractivity contribution in [3.8, 4) is 0 Å². The lowest BCUT2D eigenvalue weighted by atomic mass is 9.84. The van der Waals surface area contributed by atoms with E-state index in [2.05, 4.69) is 5.32 Å². The van der Waals surface area contributed by atoms with E-state index in [1.54, 1.807) is 58.0 Å². The maximum absolute atomic E-state index is 13.8. The Balaban J connectivity index is 1.36. The van der Waals surface area contributed by atoms with Gasteiger partial charge in [-0.25, -0.2) is 0 Å². The average molecular weight is 597 g/mol. The molecule has 228 valence electrons. The van der Waals surface area contributed by atoms with Crippen LogP contribution in [-0.2, 0) is 33.4 Å². The number of nitrogens with one attached hydrogen (secondary N) is 1. The standard InChI is InChI=1S/C35H36N2O7/c1-34(2,3)33(42)43-21-35(4)20-37-27(29(35)38)26(31(37)40)36-30(39)25(22-14-8-5-9-15-22)32(41)44-28(23-16-10-6-11-17-23)24-18-12-7-13-19-24/h5-19,25-28H,20-21H2,1-4H3,(H,36,39)/t25?,26?,27-,35?/m0/s1. The number of nitrogens with zero attached hydrogens (tertiary/aromatic N) is 1. The van der Waals surface area contributed by atoms with Crippen molar-refractivity contribution in [2.75, 3.05) is 13.2 Å². The van der Waals surface area contributed by atoms with E-state index in [-0.39, 0.29) is 18.9 Å². The molecule has 3 aromatic rings. The Kier molecular flexibility index (Phi) is 8.41. The summed E-state index contributed by atoms with van der Waals surface area (Å²) in [5, 5.41) is 2.67. The number of ketones is 1. The van der Waals surface area contributed by atoms with Crippen molar-refractivity contribution >= 4 is 29.5 Å². The average Bonchev–Trinajstić information content (AvgIpc) is 3.25. The largest absolute Gasteiger partial charge is 0.464 e. The molecule has 2 aliphatic heterocycles. The van der Waals surface area contributed by atoms with Crippen LogP contribution in [0.3, 0.4) is 0 Å². The van der Waals surface area contributed by atoms with Crippen molar-refractivity contribution in [3.63, 3.8) is 0 Å². The van der Waals surface area contributed by atoms with Crippen molar-refractivity contribution in [2.45, 2.75) is 51.8 Å². The number of ether oxygens (including phenoxy) is 2. The van der Waals surface area contributed by atoms with Gasteiger partial charge in [-0.05, 0) is 44.4 Å². The van der Waals surface area contributed by atoms with Crippen LogP contribution in [0.5, 0.6) is 0 Å². The van der Waals surface area contributed by atoms with Crippen LogP contribution in [0.2, 0.25) is 0 Å². The van der Waals surface area contributed by atoms with Gasteiger partial charge in [-0.2, -0.15) is 0 Å². The highest BCUT2D eigenvalue weighted by atomic mass is 16.5. The molecule has 44 heavy (non-hydrogen) atoms. The Labute approximate surface area is 256 Å². The van der Waals surface area contributed by atoms with Gasteiger partial charge in [-0.3, -0.25) is 24.0 Å². The summed E-state index contributed by atoms with van der Waals surface area (Å²) in [5.74, 6) is -4.15. The van der Waals surface area contributed by atoms with Gasteiger partial charge in [-0.1, -0.05) is 91.0 Å². The lowest BCUT2D eigenvalue weighted by molar-refractivity contribution is -0.157. The highest BCUT2D eigenvalue weighted by Crippen LogP contribution is 2.40. The minimum absolute atomic E-state index is 0.0686. The zero-order valence-corrected chi connectivity index (χ0v) is 25.2. The molecule has 1 N–H and O–H groups in total. The van der Waals surface area contributed by atoms with Crippen LogP contribution in [0, 0.1) is 10.8 Å². The molecule has 0 radical (unpaired) electrons. The maximum Gasteiger partial charge on any atom is 0.324 e. The van der Waals surface area contributed by atoms with Gasteiger partial charge in [0.2, 0.25) is 11.8 Å². The van der Waals surface area contributed by atoms with Crippen LogP contribution in [0.25, 0.3) is 0 Å². The summed E-state index contributed by atoms with van der Waals surface area (Å²) < 4.78 is 11.5. The maximum atomic E-state index is 13.8. The molecule has 2 fully saturated rings. The van der Waals surface area contributed by atoms with Crippen LogP contribution in [-0.4, -0.2) is 59.7 Å². The minimum Gasteiger partial charge on any atom is -0.464 e. The number of carbonyl (C=O) groups excluding carboxylic acids is 5. The number of carbonyl (C=O) groups is 5. The predicted octanol–water partition coefficient (Wildman–Crippen LogP) is 3.98. The summed E-state index contributed by atoms with van der Waals surface area (Å²) in [5.41, 5.74) is -0.0174. The van der Waals surface area contributed by atoms with Gasteiger partial charge in [0, 0.05) is 6.54 Å². The summed E-state index contributed by atoms with van der Waals surface area (Å²) >= 11 is 0. The quantitative estimate of drug-likeness (QED) is 0.226. The van der Waals surface area contributed by atoms with Crippen molar-refractivity contribution in [1.29, 1.82) is 0 Å². The molecule has 3 aromatic carbocycles. The second-order valence-corrected chi connectivity index (χ2v) is 12.6. The summed E-state index contributed by atoms with van der Waals surface area (Å²) in [7, 11) is 0. The lowest BCUT2D eigenvalue weighted by Gasteiger charge is -2.41. The fraction of sp³-hybridized carbons (Fsp3) is 0.343. The molecule has 9 heteroatoms. The highest BCUT2D eigenvalue weighted by molar-refractivity contribution is 6.11. The van der Waals surface area contributed by atoms with Crippen LogP contribution in [0.4, 0.5) is 0 Å². The third-order valence-electron chi connectivity index (χ3n) is 8.08. The Morgan fingerprint density at radius 1 is 0.864 bits per heavy atom. The molecule has 0 bridgehead atoms. The van der Waals surface area contributed by atoms with E-state index in [1.165, 1.54) is 4.90 Å². The molecule has 4 atom stereocenters. The molecule has 9 nitrogen and oxygen atoms in total. The van der Waals surface area contributed by atoms with Crippen molar-refractivity contribution in [2.24, 2.45) is 10.8 Å². The van der Waals surface area contributed by atoms with Gasteiger partial charge in [0.25, 0.3) is 0 Å². The second kappa shape index (κ2) is 12.1. The zero-order chi connectivity index (χ0) is 31.6. The highest BCUT2D eigenvalue weighted by Gasteiger charge is 2.63. The van der Waals surface area contributed by atoms with Crippen LogP contribution < -0.4 is 5.32 Å². The first-order chi connectivity index (χ1) is 20.9. The first-order valence-electron chi connectivity index (χ1n) is 14.6. The van der Waals surface area contributed by atoms with E-state index in [4.69, 9.17) is 9.47 Å². The third kappa shape index (κ3) is 6.00. The summed E-state index contributed by atoms with van der Waals surface area (Å²) in [6.45, 7) is 6.68. The monoisotopic (exact) mass is 596 g/mol. The number of fused-ring (bicyclic) bond motifs is 1. The predicted molar refractivity (Wildman–Crippen MR) is 161 cm³/mol. The van der Waals surface area contributed by atoms with E-state index >= 15 is 0 Å². The Bertz CT molecular complexity index is 1510. The molecular formula is C35H36N2O7. The lowest BCUT2D eigenvalue weighted by Crippen LogP contribution is -2.70. The Morgan fingerprint density at radius 3 is 1.86 bits per heavy atom. The number of esters is 2. The topological polar surface area (TPSA) is 119 Å². The molecule has 2 heterocycles. The molecule has 5 rings (SSSR count). The summed E-state index contributed by atoms with van der Waals surface area (Å²) in [4.78, 5) is 68.0. The molecule has 2 amide bonds. The summed E-state index contributed by atoms with van der Waals surface area (Å²) in [6.07, 6.45) is -0.780. The number of amides is 2. The number of hydrogen-bond donors (Lipinski definition) is 1. The van der Waals surface area contributed by atoms with Crippen LogP contribution >= 0.6 is 0 Å². The second-order valence-electron chi connectivity index (χ2n) is 12.6. The van der Waals surface area contributed by atoms with Gasteiger partial charge in [0.15, 0.2) is 17.8 Å². The fourth-order valence-electron chi connectivity index (χ4n) is 5.57. The van der Waals surface area contributed by atoms with E-state index in [0.29, 0.717) is 5.56 Å². The molecular weight excluding hydrogens is 560 g/mol. The molecule has 0 aliphatic carbocycles. The number of hydrogen-bond acceptors (Lipinski definition) is 7. The van der Waals surface area contributed by atoms with Crippen molar-refractivity contribution < 1.29 is 33.4 Å². The zero-order valence-electron chi connectivity index (χ0n) is 25.2. The Morgan fingerprint density at radius 2 is 1.36 bits per heavy atom. The minimum atomic E-state index is -1.40. The van der Waals surface area contributed by atoms with E-state index in [9.17, 15) is 24.0 Å². The third-order valence-corrected chi connectivity index (χ3v) is 8.08. The number of rotatable bonds is 9. The summed E-state index contributed by atoms with van der Waals surface area (Å²) in [6, 6.07) is 24.8. The molecule has 0 spiro atoms. The number of benzene rings is 3. The van der Waals surface area contributed by atoms with Gasteiger partial charge in [-0.15, -0.1) is 0 Å². The van der Waals surface area contributed by atoms with Crippen LogP contribution in [0.15, 0.2) is 91.0 Å². The first-order valence-corrected chi connectivity index (χ1v) is 14.6. The van der Waals surface area contributed by atoms with Gasteiger partial charge in [0.05, 0.1) is 10.8 Å². The number of β-lactam (4-membered cyclic amide) rings is 1. The molecule has 0 saturated carbocycles. The van der Waals surface area contributed by atoms with Crippen LogP contribution in [0.1, 0.15) is 56.4 Å².